The molecule has 2 aromatic carbocycles. The van der Waals surface area contributed by atoms with Gasteiger partial charge in [0, 0.05) is 22.5 Å². The Labute approximate surface area is 122 Å². The van der Waals surface area contributed by atoms with Crippen LogP contribution in [0.3, 0.4) is 0 Å². The summed E-state index contributed by atoms with van der Waals surface area (Å²) in [7, 11) is 0. The number of benzene rings is 2. The molecule has 2 nitrogen and oxygen atoms in total. The number of rotatable bonds is 3. The number of hydrogen-bond donors (Lipinski definition) is 1. The Hall–Kier alpha value is -1.97. The van der Waals surface area contributed by atoms with Crippen molar-refractivity contribution in [2.24, 2.45) is 5.73 Å². The lowest BCUT2D eigenvalue weighted by Crippen LogP contribution is -1.95. The van der Waals surface area contributed by atoms with Gasteiger partial charge in [0.05, 0.1) is 5.69 Å². The summed E-state index contributed by atoms with van der Waals surface area (Å²) >= 11 is 1.73. The standard InChI is InChI=1S/C17H16N2S/c1-12-16(14-7-3-2-4-8-14)19-17(20-12)15-9-5-6-13(10-15)11-18/h2-10H,11,18H2,1H3. The van der Waals surface area contributed by atoms with Crippen LogP contribution in [0.1, 0.15) is 10.4 Å². The first-order valence-electron chi connectivity index (χ1n) is 6.60. The molecular weight excluding hydrogens is 264 g/mol. The number of nitrogens with zero attached hydrogens (tertiary/aromatic N) is 1. The van der Waals surface area contributed by atoms with Crippen molar-refractivity contribution in [1.29, 1.82) is 0 Å². The van der Waals surface area contributed by atoms with Gasteiger partial charge in [-0.1, -0.05) is 48.5 Å². The maximum Gasteiger partial charge on any atom is 0.124 e. The predicted octanol–water partition coefficient (Wildman–Crippen LogP) is 4.24. The Morgan fingerprint density at radius 2 is 1.75 bits per heavy atom. The van der Waals surface area contributed by atoms with Gasteiger partial charge < -0.3 is 5.73 Å². The number of thiazole rings is 1. The fourth-order valence-corrected chi connectivity index (χ4v) is 3.15. The minimum absolute atomic E-state index is 0.559. The molecule has 20 heavy (non-hydrogen) atoms. The van der Waals surface area contributed by atoms with E-state index >= 15 is 0 Å². The monoisotopic (exact) mass is 280 g/mol. The Morgan fingerprint density at radius 1 is 1.00 bits per heavy atom. The highest BCUT2D eigenvalue weighted by Gasteiger charge is 2.11. The van der Waals surface area contributed by atoms with Crippen LogP contribution in [0.5, 0.6) is 0 Å². The summed E-state index contributed by atoms with van der Waals surface area (Å²) < 4.78 is 0. The first-order chi connectivity index (χ1) is 9.78. The maximum atomic E-state index is 5.71. The quantitative estimate of drug-likeness (QED) is 0.779. The average molecular weight is 280 g/mol. The van der Waals surface area contributed by atoms with Gasteiger partial charge in [0.25, 0.3) is 0 Å². The third kappa shape index (κ3) is 2.50. The average Bonchev–Trinajstić information content (AvgIpc) is 2.90. The summed E-state index contributed by atoms with van der Waals surface area (Å²) in [5.74, 6) is 0. The first kappa shape index (κ1) is 13.0. The molecule has 100 valence electrons. The van der Waals surface area contributed by atoms with Gasteiger partial charge >= 0.3 is 0 Å². The van der Waals surface area contributed by atoms with Gasteiger partial charge in [0.2, 0.25) is 0 Å². The third-order valence-corrected chi connectivity index (χ3v) is 4.27. The smallest absolute Gasteiger partial charge is 0.124 e. The van der Waals surface area contributed by atoms with E-state index in [1.54, 1.807) is 11.3 Å². The Bertz CT molecular complexity index is 717. The van der Waals surface area contributed by atoms with E-state index in [1.807, 2.05) is 30.3 Å². The van der Waals surface area contributed by atoms with Crippen LogP contribution >= 0.6 is 11.3 Å². The number of hydrogen-bond acceptors (Lipinski definition) is 3. The minimum atomic E-state index is 0.559. The lowest BCUT2D eigenvalue weighted by atomic mass is 10.1. The van der Waals surface area contributed by atoms with Crippen molar-refractivity contribution in [2.75, 3.05) is 0 Å². The highest BCUT2D eigenvalue weighted by Crippen LogP contribution is 2.33. The van der Waals surface area contributed by atoms with E-state index in [0.29, 0.717) is 6.54 Å². The van der Waals surface area contributed by atoms with Crippen LogP contribution in [0.4, 0.5) is 0 Å². The SMILES string of the molecule is Cc1sc(-c2cccc(CN)c2)nc1-c1ccccc1. The molecule has 0 atom stereocenters. The predicted molar refractivity (Wildman–Crippen MR) is 85.6 cm³/mol. The summed E-state index contributed by atoms with van der Waals surface area (Å²) in [5, 5.41) is 1.05. The van der Waals surface area contributed by atoms with Gasteiger partial charge in [0.15, 0.2) is 0 Å². The highest BCUT2D eigenvalue weighted by molar-refractivity contribution is 7.15. The molecule has 0 bridgehead atoms. The molecular formula is C17H16N2S. The molecule has 0 spiro atoms. The van der Waals surface area contributed by atoms with E-state index in [2.05, 4.69) is 31.2 Å². The second-order valence-corrected chi connectivity index (χ2v) is 5.90. The summed E-state index contributed by atoms with van der Waals surface area (Å²) in [6, 6.07) is 18.6. The largest absolute Gasteiger partial charge is 0.326 e. The molecule has 0 aliphatic rings. The second kappa shape index (κ2) is 5.57. The minimum Gasteiger partial charge on any atom is -0.326 e. The summed E-state index contributed by atoms with van der Waals surface area (Å²) in [6.07, 6.45) is 0. The van der Waals surface area contributed by atoms with Gasteiger partial charge in [-0.2, -0.15) is 0 Å². The van der Waals surface area contributed by atoms with Crippen LogP contribution in [-0.4, -0.2) is 4.98 Å². The normalized spacial score (nSPS) is 10.7. The maximum absolute atomic E-state index is 5.71. The molecule has 3 aromatic rings. The van der Waals surface area contributed by atoms with Crippen LogP contribution in [0, 0.1) is 6.92 Å². The molecule has 0 saturated carbocycles. The number of nitrogens with two attached hydrogens (primary N) is 1. The summed E-state index contributed by atoms with van der Waals surface area (Å²) in [6.45, 7) is 2.68. The molecule has 0 saturated heterocycles. The Morgan fingerprint density at radius 3 is 2.50 bits per heavy atom. The Kier molecular flexibility index (Phi) is 3.63. The van der Waals surface area contributed by atoms with E-state index in [-0.39, 0.29) is 0 Å². The van der Waals surface area contributed by atoms with Crippen molar-refractivity contribution in [3.63, 3.8) is 0 Å². The van der Waals surface area contributed by atoms with E-state index in [1.165, 1.54) is 10.4 Å². The zero-order valence-electron chi connectivity index (χ0n) is 11.3. The Balaban J connectivity index is 2.04. The molecule has 2 N–H and O–H groups in total. The van der Waals surface area contributed by atoms with E-state index in [9.17, 15) is 0 Å². The molecule has 0 amide bonds. The van der Waals surface area contributed by atoms with E-state index in [0.717, 1.165) is 21.8 Å². The fraction of sp³-hybridized carbons (Fsp3) is 0.118. The number of aryl methyl sites for hydroxylation is 1. The molecule has 3 rings (SSSR count). The van der Waals surface area contributed by atoms with Crippen molar-refractivity contribution in [2.45, 2.75) is 13.5 Å². The second-order valence-electron chi connectivity index (χ2n) is 4.69. The van der Waals surface area contributed by atoms with Gasteiger partial charge in [-0.15, -0.1) is 11.3 Å². The van der Waals surface area contributed by atoms with E-state index in [4.69, 9.17) is 10.7 Å². The van der Waals surface area contributed by atoms with E-state index < -0.39 is 0 Å². The van der Waals surface area contributed by atoms with Gasteiger partial charge in [0.1, 0.15) is 5.01 Å². The molecule has 0 unspecified atom stereocenters. The molecule has 3 heteroatoms. The summed E-state index contributed by atoms with van der Waals surface area (Å²) in [5.41, 5.74) is 10.2. The molecule has 1 heterocycles. The molecule has 0 aliphatic heterocycles. The number of aromatic nitrogens is 1. The third-order valence-electron chi connectivity index (χ3n) is 3.25. The zero-order chi connectivity index (χ0) is 13.9. The van der Waals surface area contributed by atoms with Crippen LogP contribution in [0.2, 0.25) is 0 Å². The molecule has 0 fully saturated rings. The van der Waals surface area contributed by atoms with Crippen LogP contribution in [0.15, 0.2) is 54.6 Å². The molecule has 0 radical (unpaired) electrons. The van der Waals surface area contributed by atoms with Crippen LogP contribution in [0.25, 0.3) is 21.8 Å². The molecule has 1 aromatic heterocycles. The van der Waals surface area contributed by atoms with Crippen molar-refractivity contribution in [3.8, 4) is 21.8 Å². The van der Waals surface area contributed by atoms with Crippen LogP contribution < -0.4 is 5.73 Å². The van der Waals surface area contributed by atoms with Crippen molar-refractivity contribution < 1.29 is 0 Å². The van der Waals surface area contributed by atoms with Gasteiger partial charge in [-0.3, -0.25) is 0 Å². The molecule has 0 aliphatic carbocycles. The fourth-order valence-electron chi connectivity index (χ4n) is 2.22. The van der Waals surface area contributed by atoms with Gasteiger partial charge in [-0.05, 0) is 18.6 Å². The zero-order valence-corrected chi connectivity index (χ0v) is 12.2. The van der Waals surface area contributed by atoms with Crippen LogP contribution in [-0.2, 0) is 6.54 Å². The first-order valence-corrected chi connectivity index (χ1v) is 7.42. The highest BCUT2D eigenvalue weighted by atomic mass is 32.1. The van der Waals surface area contributed by atoms with Crippen molar-refractivity contribution >= 4 is 11.3 Å². The lowest BCUT2D eigenvalue weighted by Gasteiger charge is -2.00. The lowest BCUT2D eigenvalue weighted by molar-refractivity contribution is 1.07. The van der Waals surface area contributed by atoms with Gasteiger partial charge in [-0.25, -0.2) is 4.98 Å². The van der Waals surface area contributed by atoms with Crippen molar-refractivity contribution in [1.82, 2.24) is 4.98 Å². The topological polar surface area (TPSA) is 38.9 Å². The summed E-state index contributed by atoms with van der Waals surface area (Å²) in [4.78, 5) is 6.04. The van der Waals surface area contributed by atoms with Crippen molar-refractivity contribution in [3.05, 3.63) is 65.0 Å².